The first-order valence-electron chi connectivity index (χ1n) is 7.92. The third-order valence-electron chi connectivity index (χ3n) is 4.04. The summed E-state index contributed by atoms with van der Waals surface area (Å²) in [5, 5.41) is 0. The van der Waals surface area contributed by atoms with Crippen molar-refractivity contribution in [3.8, 4) is 0 Å². The number of carbonyl (C=O) groups excluding carboxylic acids is 2. The number of esters is 2. The van der Waals surface area contributed by atoms with E-state index in [2.05, 4.69) is 0 Å². The van der Waals surface area contributed by atoms with Crippen LogP contribution in [0.3, 0.4) is 0 Å². The normalized spacial score (nSPS) is 32.7. The Balaban J connectivity index is 3.14. The van der Waals surface area contributed by atoms with Crippen LogP contribution >= 0.6 is 0 Å². The van der Waals surface area contributed by atoms with Gasteiger partial charge in [0.05, 0.1) is 0 Å². The van der Waals surface area contributed by atoms with E-state index in [4.69, 9.17) is 33.2 Å². The zero-order valence-corrected chi connectivity index (χ0v) is 15.6. The van der Waals surface area contributed by atoms with Gasteiger partial charge in [0.1, 0.15) is 49.8 Å². The smallest absolute Gasteiger partial charge is 0.302 e. The summed E-state index contributed by atoms with van der Waals surface area (Å²) in [5.41, 5.74) is 0. The maximum absolute atomic E-state index is 11.2. The molecule has 1 heterocycles. The lowest BCUT2D eigenvalue weighted by atomic mass is 9.98. The van der Waals surface area contributed by atoms with Crippen molar-refractivity contribution in [1.29, 1.82) is 0 Å². The minimum absolute atomic E-state index is 0.0445. The van der Waals surface area contributed by atoms with Gasteiger partial charge in [-0.25, -0.2) is 0 Å². The van der Waals surface area contributed by atoms with E-state index < -0.39 is 48.6 Å². The van der Waals surface area contributed by atoms with Gasteiger partial charge in [-0.15, -0.1) is 0 Å². The van der Waals surface area contributed by atoms with Gasteiger partial charge in [0.2, 0.25) is 0 Å². The lowest BCUT2D eigenvalue weighted by Gasteiger charge is -2.33. The molecule has 25 heavy (non-hydrogen) atoms. The molecule has 0 aromatic carbocycles. The average molecular weight is 364 g/mol. The van der Waals surface area contributed by atoms with Crippen LogP contribution < -0.4 is 0 Å². The predicted octanol–water partition coefficient (Wildman–Crippen LogP) is -0.0600. The number of ether oxygens (including phenoxy) is 7. The van der Waals surface area contributed by atoms with Crippen LogP contribution in [-0.4, -0.2) is 90.2 Å². The Kier molecular flexibility index (Phi) is 9.30. The number of hydrogen-bond donors (Lipinski definition) is 0. The zero-order valence-electron chi connectivity index (χ0n) is 15.6. The number of hydrogen-bond acceptors (Lipinski definition) is 9. The largest absolute Gasteiger partial charge is 0.463 e. The quantitative estimate of drug-likeness (QED) is 0.548. The van der Waals surface area contributed by atoms with Crippen molar-refractivity contribution in [3.63, 3.8) is 0 Å². The highest BCUT2D eigenvalue weighted by Crippen LogP contribution is 2.28. The molecule has 9 nitrogen and oxygen atoms in total. The first-order chi connectivity index (χ1) is 11.9. The highest BCUT2D eigenvalue weighted by atomic mass is 16.6. The van der Waals surface area contributed by atoms with Crippen molar-refractivity contribution in [2.75, 3.05) is 41.7 Å². The Bertz CT molecular complexity index is 390. The average Bonchev–Trinajstić information content (AvgIpc) is 2.70. The van der Waals surface area contributed by atoms with Crippen LogP contribution in [0.25, 0.3) is 0 Å². The summed E-state index contributed by atoms with van der Waals surface area (Å²) in [6.07, 6.45) is -3.59. The van der Waals surface area contributed by atoms with Crippen LogP contribution in [0.1, 0.15) is 13.8 Å². The van der Waals surface area contributed by atoms with E-state index in [1.54, 1.807) is 0 Å². The van der Waals surface area contributed by atoms with Crippen LogP contribution in [-0.2, 0) is 42.7 Å². The second kappa shape index (κ2) is 10.7. The van der Waals surface area contributed by atoms with Gasteiger partial charge in [0, 0.05) is 42.3 Å². The first-order valence-corrected chi connectivity index (χ1v) is 7.92. The van der Waals surface area contributed by atoms with Gasteiger partial charge >= 0.3 is 11.9 Å². The first kappa shape index (κ1) is 21.8. The second-order valence-electron chi connectivity index (χ2n) is 5.62. The lowest BCUT2D eigenvalue weighted by Crippen LogP contribution is -2.51. The molecule has 0 aromatic rings. The highest BCUT2D eigenvalue weighted by Gasteiger charge is 2.48. The maximum Gasteiger partial charge on any atom is 0.302 e. The van der Waals surface area contributed by atoms with E-state index in [-0.39, 0.29) is 13.2 Å². The molecular formula is C16H28O9. The van der Waals surface area contributed by atoms with Gasteiger partial charge in [-0.05, 0) is 0 Å². The van der Waals surface area contributed by atoms with Gasteiger partial charge in [0.25, 0.3) is 0 Å². The Morgan fingerprint density at radius 2 is 1.00 bits per heavy atom. The molecule has 1 rings (SSSR count). The fraction of sp³-hybridized carbons (Fsp3) is 0.875. The molecule has 0 spiro atoms. The van der Waals surface area contributed by atoms with E-state index >= 15 is 0 Å². The lowest BCUT2D eigenvalue weighted by molar-refractivity contribution is -0.173. The Hall–Kier alpha value is -1.26. The summed E-state index contributed by atoms with van der Waals surface area (Å²) in [5.74, 6) is -0.889. The number of methoxy groups -OCH3 is 4. The van der Waals surface area contributed by atoms with E-state index in [1.807, 2.05) is 0 Å². The standard InChI is InChI=1S/C16H28O9/c1-9(17)23-7-11-13(19-3)15(21-5)16(22-6)14(20-4)12(25-11)8-24-10(2)18/h11-16H,7-8H2,1-6H3/t11-,12+,13+,14-,15-,16+. The van der Waals surface area contributed by atoms with E-state index in [0.717, 1.165) is 0 Å². The summed E-state index contributed by atoms with van der Waals surface area (Å²) in [4.78, 5) is 22.4. The van der Waals surface area contributed by atoms with Crippen molar-refractivity contribution in [2.45, 2.75) is 50.5 Å². The van der Waals surface area contributed by atoms with E-state index in [1.165, 1.54) is 42.3 Å². The van der Waals surface area contributed by atoms with Crippen molar-refractivity contribution in [1.82, 2.24) is 0 Å². The van der Waals surface area contributed by atoms with Gasteiger partial charge in [-0.1, -0.05) is 0 Å². The molecule has 0 N–H and O–H groups in total. The van der Waals surface area contributed by atoms with Crippen molar-refractivity contribution in [2.24, 2.45) is 0 Å². The molecule has 0 aliphatic carbocycles. The van der Waals surface area contributed by atoms with Crippen molar-refractivity contribution >= 4 is 11.9 Å². The topological polar surface area (TPSA) is 98.8 Å². The summed E-state index contributed by atoms with van der Waals surface area (Å²) < 4.78 is 38.4. The predicted molar refractivity (Wildman–Crippen MR) is 85.1 cm³/mol. The molecule has 1 aliphatic heterocycles. The van der Waals surface area contributed by atoms with Gasteiger partial charge in [-0.2, -0.15) is 0 Å². The molecule has 9 heteroatoms. The van der Waals surface area contributed by atoms with Crippen LogP contribution in [0, 0.1) is 0 Å². The monoisotopic (exact) mass is 364 g/mol. The van der Waals surface area contributed by atoms with Crippen molar-refractivity contribution < 1.29 is 42.7 Å². The van der Waals surface area contributed by atoms with Crippen molar-refractivity contribution in [3.05, 3.63) is 0 Å². The maximum atomic E-state index is 11.2. The molecule has 6 atom stereocenters. The van der Waals surface area contributed by atoms with Crippen LogP contribution in [0.2, 0.25) is 0 Å². The fourth-order valence-corrected chi connectivity index (χ4v) is 2.95. The molecule has 0 saturated carbocycles. The molecule has 146 valence electrons. The summed E-state index contributed by atoms with van der Waals surface area (Å²) in [6, 6.07) is 0. The summed E-state index contributed by atoms with van der Waals surface area (Å²) in [7, 11) is 6.04. The third-order valence-corrected chi connectivity index (χ3v) is 4.04. The second-order valence-corrected chi connectivity index (χ2v) is 5.62. The molecule has 1 aliphatic rings. The number of rotatable bonds is 8. The Labute approximate surface area is 147 Å². The SMILES string of the molecule is CO[C@@H]1[C@H](OC)[C@@H](OC)[C@@H](COC(C)=O)O[C@@H](COC(C)=O)[C@H]1OC. The van der Waals surface area contributed by atoms with Gasteiger partial charge in [-0.3, -0.25) is 9.59 Å². The Morgan fingerprint density at radius 3 is 1.24 bits per heavy atom. The van der Waals surface area contributed by atoms with E-state index in [0.29, 0.717) is 0 Å². The van der Waals surface area contributed by atoms with Gasteiger partial charge < -0.3 is 33.2 Å². The minimum atomic E-state index is -0.655. The van der Waals surface area contributed by atoms with Gasteiger partial charge in [0.15, 0.2) is 0 Å². The molecule has 0 radical (unpaired) electrons. The molecular weight excluding hydrogens is 336 g/mol. The highest BCUT2D eigenvalue weighted by molar-refractivity contribution is 5.66. The van der Waals surface area contributed by atoms with Crippen LogP contribution in [0.5, 0.6) is 0 Å². The molecule has 0 aromatic heterocycles. The minimum Gasteiger partial charge on any atom is -0.463 e. The molecule has 1 saturated heterocycles. The molecule has 0 amide bonds. The van der Waals surface area contributed by atoms with E-state index in [9.17, 15) is 9.59 Å². The summed E-state index contributed by atoms with van der Waals surface area (Å²) >= 11 is 0. The molecule has 0 unspecified atom stereocenters. The Morgan fingerprint density at radius 1 is 0.680 bits per heavy atom. The third kappa shape index (κ3) is 5.89. The summed E-state index contributed by atoms with van der Waals surface area (Å²) in [6.45, 7) is 2.52. The fourth-order valence-electron chi connectivity index (χ4n) is 2.95. The molecule has 0 bridgehead atoms. The van der Waals surface area contributed by atoms with Crippen LogP contribution in [0.4, 0.5) is 0 Å². The zero-order chi connectivity index (χ0) is 19.0. The number of carbonyl (C=O) groups is 2. The molecule has 1 fully saturated rings. The van der Waals surface area contributed by atoms with Crippen LogP contribution in [0.15, 0.2) is 0 Å².